The number of carbonyl (C=O) groups is 1. The van der Waals surface area contributed by atoms with Crippen molar-refractivity contribution in [3.8, 4) is 5.75 Å². The van der Waals surface area contributed by atoms with Crippen molar-refractivity contribution in [3.05, 3.63) is 29.3 Å². The smallest absolute Gasteiger partial charge is 0.129 e. The van der Waals surface area contributed by atoms with Crippen molar-refractivity contribution in [2.45, 2.75) is 33.1 Å². The molecule has 0 bridgehead atoms. The van der Waals surface area contributed by atoms with Crippen LogP contribution in [-0.4, -0.2) is 12.9 Å². The van der Waals surface area contributed by atoms with Crippen molar-refractivity contribution in [3.63, 3.8) is 0 Å². The predicted octanol–water partition coefficient (Wildman–Crippen LogP) is 2.92. The number of hydrogen-bond donors (Lipinski definition) is 0. The normalized spacial score (nSPS) is 10.1. The average molecular weight is 206 g/mol. The fourth-order valence-electron chi connectivity index (χ4n) is 1.70. The number of aryl methyl sites for hydroxylation is 1. The molecular weight excluding hydrogens is 188 g/mol. The van der Waals surface area contributed by atoms with E-state index in [0.717, 1.165) is 18.6 Å². The number of benzene rings is 1. The number of rotatable bonds is 5. The first-order valence-corrected chi connectivity index (χ1v) is 5.27. The van der Waals surface area contributed by atoms with Gasteiger partial charge in [0.05, 0.1) is 7.11 Å². The Hall–Kier alpha value is -1.31. The summed E-state index contributed by atoms with van der Waals surface area (Å²) >= 11 is 0. The maximum atomic E-state index is 10.8. The van der Waals surface area contributed by atoms with Crippen molar-refractivity contribution in [1.82, 2.24) is 0 Å². The highest BCUT2D eigenvalue weighted by Crippen LogP contribution is 2.23. The standard InChI is InChI=1S/C13H18O2/c1-10-6-4-9-13(15-3)12(10)8-5-7-11(2)14/h4,6,9H,5,7-8H2,1-3H3. The van der Waals surface area contributed by atoms with Crippen LogP contribution in [0.5, 0.6) is 5.75 Å². The molecule has 15 heavy (non-hydrogen) atoms. The maximum Gasteiger partial charge on any atom is 0.129 e. The van der Waals surface area contributed by atoms with Crippen molar-refractivity contribution >= 4 is 5.78 Å². The number of carbonyl (C=O) groups excluding carboxylic acids is 1. The highest BCUT2D eigenvalue weighted by molar-refractivity contribution is 5.75. The maximum absolute atomic E-state index is 10.8. The molecule has 0 fully saturated rings. The van der Waals surface area contributed by atoms with Crippen molar-refractivity contribution < 1.29 is 9.53 Å². The van der Waals surface area contributed by atoms with Crippen LogP contribution in [0.15, 0.2) is 18.2 Å². The van der Waals surface area contributed by atoms with Crippen LogP contribution in [-0.2, 0) is 11.2 Å². The average Bonchev–Trinajstić information content (AvgIpc) is 2.20. The molecular formula is C13H18O2. The van der Waals surface area contributed by atoms with Crippen LogP contribution in [0.25, 0.3) is 0 Å². The van der Waals surface area contributed by atoms with Crippen LogP contribution >= 0.6 is 0 Å². The van der Waals surface area contributed by atoms with E-state index in [1.807, 2.05) is 12.1 Å². The molecule has 1 aromatic rings. The zero-order valence-electron chi connectivity index (χ0n) is 9.67. The van der Waals surface area contributed by atoms with Gasteiger partial charge in [-0.1, -0.05) is 12.1 Å². The van der Waals surface area contributed by atoms with E-state index >= 15 is 0 Å². The summed E-state index contributed by atoms with van der Waals surface area (Å²) in [5.41, 5.74) is 2.46. The van der Waals surface area contributed by atoms with Gasteiger partial charge in [0.2, 0.25) is 0 Å². The summed E-state index contributed by atoms with van der Waals surface area (Å²) in [5, 5.41) is 0. The van der Waals surface area contributed by atoms with Gasteiger partial charge >= 0.3 is 0 Å². The summed E-state index contributed by atoms with van der Waals surface area (Å²) in [7, 11) is 1.68. The summed E-state index contributed by atoms with van der Waals surface area (Å²) in [4.78, 5) is 10.8. The van der Waals surface area contributed by atoms with E-state index in [4.69, 9.17) is 4.74 Å². The molecule has 0 N–H and O–H groups in total. The third-order valence-corrected chi connectivity index (χ3v) is 2.54. The first-order chi connectivity index (χ1) is 7.15. The van der Waals surface area contributed by atoms with Gasteiger partial charge in [-0.25, -0.2) is 0 Å². The molecule has 0 radical (unpaired) electrons. The lowest BCUT2D eigenvalue weighted by atomic mass is 10.0. The molecule has 0 saturated heterocycles. The van der Waals surface area contributed by atoms with Crippen LogP contribution in [0, 0.1) is 6.92 Å². The van der Waals surface area contributed by atoms with Crippen molar-refractivity contribution in [2.24, 2.45) is 0 Å². The van der Waals surface area contributed by atoms with Crippen LogP contribution in [0.4, 0.5) is 0 Å². The molecule has 0 saturated carbocycles. The Labute approximate surface area is 91.3 Å². The molecule has 0 spiro atoms. The van der Waals surface area contributed by atoms with Gasteiger partial charge in [0.25, 0.3) is 0 Å². The Morgan fingerprint density at radius 2 is 2.13 bits per heavy atom. The zero-order chi connectivity index (χ0) is 11.3. The third-order valence-electron chi connectivity index (χ3n) is 2.54. The van der Waals surface area contributed by atoms with Gasteiger partial charge in [-0.2, -0.15) is 0 Å². The minimum Gasteiger partial charge on any atom is -0.496 e. The number of methoxy groups -OCH3 is 1. The summed E-state index contributed by atoms with van der Waals surface area (Å²) in [6, 6.07) is 6.03. The third kappa shape index (κ3) is 3.39. The van der Waals surface area contributed by atoms with Crippen molar-refractivity contribution in [1.29, 1.82) is 0 Å². The predicted molar refractivity (Wildman–Crippen MR) is 61.4 cm³/mol. The number of Topliss-reactive ketones (excluding diaryl/α,β-unsaturated/α-hetero) is 1. The van der Waals surface area contributed by atoms with E-state index in [-0.39, 0.29) is 5.78 Å². The fourth-order valence-corrected chi connectivity index (χ4v) is 1.70. The van der Waals surface area contributed by atoms with E-state index in [0.29, 0.717) is 6.42 Å². The molecule has 0 atom stereocenters. The van der Waals surface area contributed by atoms with Gasteiger partial charge in [-0.05, 0) is 43.9 Å². The molecule has 1 rings (SSSR count). The highest BCUT2D eigenvalue weighted by Gasteiger charge is 2.05. The van der Waals surface area contributed by atoms with Gasteiger partial charge in [0, 0.05) is 6.42 Å². The molecule has 0 unspecified atom stereocenters. The largest absolute Gasteiger partial charge is 0.496 e. The lowest BCUT2D eigenvalue weighted by Gasteiger charge is -2.10. The fraction of sp³-hybridized carbons (Fsp3) is 0.462. The second-order valence-corrected chi connectivity index (χ2v) is 3.81. The number of ketones is 1. The molecule has 0 aromatic heterocycles. The summed E-state index contributed by atoms with van der Waals surface area (Å²) < 4.78 is 5.30. The molecule has 0 aliphatic heterocycles. The van der Waals surface area contributed by atoms with E-state index < -0.39 is 0 Å². The zero-order valence-corrected chi connectivity index (χ0v) is 9.67. The lowest BCUT2D eigenvalue weighted by Crippen LogP contribution is -1.97. The Kier molecular flexibility index (Phi) is 4.35. The highest BCUT2D eigenvalue weighted by atomic mass is 16.5. The number of ether oxygens (including phenoxy) is 1. The van der Waals surface area contributed by atoms with Crippen LogP contribution in [0.2, 0.25) is 0 Å². The van der Waals surface area contributed by atoms with Crippen LogP contribution in [0.1, 0.15) is 30.9 Å². The Balaban J connectivity index is 2.70. The Bertz CT molecular complexity index is 342. The van der Waals surface area contributed by atoms with Gasteiger partial charge < -0.3 is 9.53 Å². The van der Waals surface area contributed by atoms with Gasteiger partial charge in [-0.15, -0.1) is 0 Å². The summed E-state index contributed by atoms with van der Waals surface area (Å²) in [6.07, 6.45) is 2.46. The van der Waals surface area contributed by atoms with Gasteiger partial charge in [0.1, 0.15) is 11.5 Å². The lowest BCUT2D eigenvalue weighted by molar-refractivity contribution is -0.117. The van der Waals surface area contributed by atoms with Gasteiger partial charge in [-0.3, -0.25) is 0 Å². The van der Waals surface area contributed by atoms with E-state index in [9.17, 15) is 4.79 Å². The monoisotopic (exact) mass is 206 g/mol. The van der Waals surface area contributed by atoms with Crippen LogP contribution < -0.4 is 4.74 Å². The molecule has 82 valence electrons. The van der Waals surface area contributed by atoms with Crippen molar-refractivity contribution in [2.75, 3.05) is 7.11 Å². The molecule has 0 aliphatic carbocycles. The number of hydrogen-bond acceptors (Lipinski definition) is 2. The summed E-state index contributed by atoms with van der Waals surface area (Å²) in [5.74, 6) is 1.18. The van der Waals surface area contributed by atoms with Gasteiger partial charge in [0.15, 0.2) is 0 Å². The molecule has 0 aliphatic rings. The first kappa shape index (κ1) is 11.8. The first-order valence-electron chi connectivity index (χ1n) is 5.27. The Morgan fingerprint density at radius 1 is 1.40 bits per heavy atom. The topological polar surface area (TPSA) is 26.3 Å². The van der Waals surface area contributed by atoms with E-state index in [1.54, 1.807) is 14.0 Å². The molecule has 1 aromatic carbocycles. The SMILES string of the molecule is COc1cccc(C)c1CCCC(C)=O. The second-order valence-electron chi connectivity index (χ2n) is 3.81. The summed E-state index contributed by atoms with van der Waals surface area (Å²) in [6.45, 7) is 3.71. The molecule has 2 heteroatoms. The quantitative estimate of drug-likeness (QED) is 0.740. The second kappa shape index (κ2) is 5.54. The van der Waals surface area contributed by atoms with E-state index in [2.05, 4.69) is 13.0 Å². The van der Waals surface area contributed by atoms with Crippen LogP contribution in [0.3, 0.4) is 0 Å². The molecule has 2 nitrogen and oxygen atoms in total. The van der Waals surface area contributed by atoms with E-state index in [1.165, 1.54) is 11.1 Å². The minimum absolute atomic E-state index is 0.252. The minimum atomic E-state index is 0.252. The Morgan fingerprint density at radius 3 is 2.73 bits per heavy atom. The molecule has 0 heterocycles. The molecule has 0 amide bonds.